The van der Waals surface area contributed by atoms with E-state index in [2.05, 4.69) is 12.2 Å². The molecule has 6 nitrogen and oxygen atoms in total. The minimum Gasteiger partial charge on any atom is -0.454 e. The summed E-state index contributed by atoms with van der Waals surface area (Å²) < 4.78 is 24.4. The van der Waals surface area contributed by atoms with Gasteiger partial charge >= 0.3 is 0 Å². The number of hydrogen-bond acceptors (Lipinski definition) is 4. The standard InChI is InChI=1S/C30H33FN2O4/c1-2-3-17-32-30(35)26(18-22-7-5-4-6-8-22)33(20-24-9-13-25(31)14-10-24)29(34)16-12-23-11-15-27-28(19-23)37-21-36-27/h4-11,13-15,19,26H,2-3,12,16-18,20-21H2,1H3,(H,32,35)/t26-/m0/s1. The molecule has 1 atom stereocenters. The van der Waals surface area contributed by atoms with Crippen LogP contribution in [-0.2, 0) is 29.0 Å². The minimum atomic E-state index is -0.700. The number of unbranched alkanes of at least 4 members (excludes halogenated alkanes) is 1. The molecular formula is C30H33FN2O4. The van der Waals surface area contributed by atoms with Crippen molar-refractivity contribution in [3.8, 4) is 11.5 Å². The Kier molecular flexibility index (Phi) is 9.13. The Bertz CT molecular complexity index is 1180. The van der Waals surface area contributed by atoms with Crippen LogP contribution < -0.4 is 14.8 Å². The predicted molar refractivity (Wildman–Crippen MR) is 140 cm³/mol. The molecule has 0 saturated heterocycles. The maximum Gasteiger partial charge on any atom is 0.243 e. The maximum atomic E-state index is 13.7. The van der Waals surface area contributed by atoms with Crippen molar-refractivity contribution in [3.05, 3.63) is 95.3 Å². The van der Waals surface area contributed by atoms with Crippen molar-refractivity contribution >= 4 is 11.8 Å². The van der Waals surface area contributed by atoms with Gasteiger partial charge in [0.25, 0.3) is 0 Å². The number of rotatable bonds is 12. The Morgan fingerprint density at radius 3 is 2.43 bits per heavy atom. The van der Waals surface area contributed by atoms with E-state index in [1.165, 1.54) is 12.1 Å². The average molecular weight is 505 g/mol. The zero-order valence-electron chi connectivity index (χ0n) is 21.1. The van der Waals surface area contributed by atoms with E-state index in [1.807, 2.05) is 48.5 Å². The third-order valence-electron chi connectivity index (χ3n) is 6.43. The molecule has 1 aliphatic heterocycles. The van der Waals surface area contributed by atoms with Crippen LogP contribution in [0.5, 0.6) is 11.5 Å². The molecule has 0 radical (unpaired) electrons. The molecule has 1 heterocycles. The highest BCUT2D eigenvalue weighted by molar-refractivity contribution is 5.88. The summed E-state index contributed by atoms with van der Waals surface area (Å²) in [6.07, 6.45) is 2.91. The van der Waals surface area contributed by atoms with Gasteiger partial charge in [-0.05, 0) is 53.8 Å². The van der Waals surface area contributed by atoms with Crippen LogP contribution in [0.3, 0.4) is 0 Å². The first-order valence-corrected chi connectivity index (χ1v) is 12.8. The predicted octanol–water partition coefficient (Wildman–Crippen LogP) is 5.04. The third kappa shape index (κ3) is 7.32. The average Bonchev–Trinajstić information content (AvgIpc) is 3.39. The molecule has 0 unspecified atom stereocenters. The molecule has 0 saturated carbocycles. The maximum absolute atomic E-state index is 13.7. The SMILES string of the molecule is CCCCNC(=O)[C@H](Cc1ccccc1)N(Cc1ccc(F)cc1)C(=O)CCc1ccc2c(c1)OCO2. The number of carbonyl (C=O) groups is 2. The van der Waals surface area contributed by atoms with Crippen molar-refractivity contribution in [3.63, 3.8) is 0 Å². The highest BCUT2D eigenvalue weighted by Gasteiger charge is 2.30. The second-order valence-corrected chi connectivity index (χ2v) is 9.19. The van der Waals surface area contributed by atoms with Gasteiger partial charge in [0.05, 0.1) is 0 Å². The van der Waals surface area contributed by atoms with Gasteiger partial charge in [0.15, 0.2) is 11.5 Å². The molecule has 4 rings (SSSR count). The third-order valence-corrected chi connectivity index (χ3v) is 6.43. The van der Waals surface area contributed by atoms with E-state index in [1.54, 1.807) is 17.0 Å². The summed E-state index contributed by atoms with van der Waals surface area (Å²) in [5.74, 6) is 0.692. The van der Waals surface area contributed by atoms with Gasteiger partial charge in [0.1, 0.15) is 11.9 Å². The summed E-state index contributed by atoms with van der Waals surface area (Å²) in [6.45, 7) is 3.01. The molecular weight excluding hydrogens is 471 g/mol. The molecule has 1 aliphatic rings. The number of hydrogen-bond donors (Lipinski definition) is 1. The van der Waals surface area contributed by atoms with E-state index < -0.39 is 6.04 Å². The van der Waals surface area contributed by atoms with Gasteiger partial charge in [-0.2, -0.15) is 0 Å². The summed E-state index contributed by atoms with van der Waals surface area (Å²) in [6, 6.07) is 20.7. The van der Waals surface area contributed by atoms with E-state index >= 15 is 0 Å². The number of benzene rings is 3. The van der Waals surface area contributed by atoms with Gasteiger partial charge in [0.2, 0.25) is 18.6 Å². The molecule has 0 fully saturated rings. The lowest BCUT2D eigenvalue weighted by molar-refractivity contribution is -0.141. The monoisotopic (exact) mass is 504 g/mol. The fraction of sp³-hybridized carbons (Fsp3) is 0.333. The second-order valence-electron chi connectivity index (χ2n) is 9.19. The van der Waals surface area contributed by atoms with Crippen molar-refractivity contribution in [2.45, 2.75) is 51.6 Å². The van der Waals surface area contributed by atoms with Gasteiger partial charge in [-0.1, -0.05) is 61.9 Å². The van der Waals surface area contributed by atoms with Crippen LogP contribution in [0.15, 0.2) is 72.8 Å². The quantitative estimate of drug-likeness (QED) is 0.351. The lowest BCUT2D eigenvalue weighted by Crippen LogP contribution is -2.50. The smallest absolute Gasteiger partial charge is 0.243 e. The van der Waals surface area contributed by atoms with E-state index in [9.17, 15) is 14.0 Å². The lowest BCUT2D eigenvalue weighted by atomic mass is 10.0. The van der Waals surface area contributed by atoms with Crippen molar-refractivity contribution in [1.29, 1.82) is 0 Å². The zero-order chi connectivity index (χ0) is 26.0. The molecule has 0 aromatic heterocycles. The molecule has 0 spiro atoms. The van der Waals surface area contributed by atoms with Crippen LogP contribution in [0.25, 0.3) is 0 Å². The number of nitrogens with one attached hydrogen (secondary N) is 1. The molecule has 7 heteroatoms. The van der Waals surface area contributed by atoms with E-state index in [-0.39, 0.29) is 37.4 Å². The minimum absolute atomic E-state index is 0.145. The Morgan fingerprint density at radius 1 is 0.946 bits per heavy atom. The first-order chi connectivity index (χ1) is 18.0. The number of amides is 2. The first kappa shape index (κ1) is 26.2. The van der Waals surface area contributed by atoms with Crippen molar-refractivity contribution < 1.29 is 23.5 Å². The van der Waals surface area contributed by atoms with Gasteiger partial charge in [-0.3, -0.25) is 9.59 Å². The van der Waals surface area contributed by atoms with Crippen LogP contribution in [0, 0.1) is 5.82 Å². The van der Waals surface area contributed by atoms with Crippen LogP contribution in [0.4, 0.5) is 4.39 Å². The van der Waals surface area contributed by atoms with Crippen molar-refractivity contribution in [2.75, 3.05) is 13.3 Å². The van der Waals surface area contributed by atoms with Crippen molar-refractivity contribution in [2.24, 2.45) is 0 Å². The normalized spacial score (nSPS) is 12.7. The molecule has 0 bridgehead atoms. The van der Waals surface area contributed by atoms with Crippen LogP contribution in [0.2, 0.25) is 0 Å². The Hall–Kier alpha value is -3.87. The molecule has 3 aromatic carbocycles. The number of nitrogens with zero attached hydrogens (tertiary/aromatic N) is 1. The number of carbonyl (C=O) groups excluding carboxylic acids is 2. The summed E-state index contributed by atoms with van der Waals surface area (Å²) in [4.78, 5) is 28.8. The largest absolute Gasteiger partial charge is 0.454 e. The van der Waals surface area contributed by atoms with Gasteiger partial charge < -0.3 is 19.7 Å². The molecule has 0 aliphatic carbocycles. The summed E-state index contributed by atoms with van der Waals surface area (Å²) >= 11 is 0. The number of fused-ring (bicyclic) bond motifs is 1. The van der Waals surface area contributed by atoms with E-state index in [4.69, 9.17) is 9.47 Å². The summed E-state index contributed by atoms with van der Waals surface area (Å²) in [5.41, 5.74) is 2.68. The Balaban J connectivity index is 1.57. The van der Waals surface area contributed by atoms with Crippen LogP contribution in [0.1, 0.15) is 42.9 Å². The molecule has 1 N–H and O–H groups in total. The van der Waals surface area contributed by atoms with Gasteiger partial charge in [0, 0.05) is 25.9 Å². The van der Waals surface area contributed by atoms with E-state index in [0.29, 0.717) is 30.9 Å². The van der Waals surface area contributed by atoms with Gasteiger partial charge in [-0.15, -0.1) is 0 Å². The van der Waals surface area contributed by atoms with Gasteiger partial charge in [-0.25, -0.2) is 4.39 Å². The number of ether oxygens (including phenoxy) is 2. The molecule has 194 valence electrons. The second kappa shape index (κ2) is 12.9. The van der Waals surface area contributed by atoms with Crippen molar-refractivity contribution in [1.82, 2.24) is 10.2 Å². The lowest BCUT2D eigenvalue weighted by Gasteiger charge is -2.31. The highest BCUT2D eigenvalue weighted by atomic mass is 19.1. The molecule has 37 heavy (non-hydrogen) atoms. The number of halogens is 1. The summed E-state index contributed by atoms with van der Waals surface area (Å²) in [5, 5.41) is 3.01. The van der Waals surface area contributed by atoms with E-state index in [0.717, 1.165) is 29.5 Å². The fourth-order valence-electron chi connectivity index (χ4n) is 4.34. The highest BCUT2D eigenvalue weighted by Crippen LogP contribution is 2.33. The first-order valence-electron chi connectivity index (χ1n) is 12.8. The molecule has 3 aromatic rings. The topological polar surface area (TPSA) is 67.9 Å². The Labute approximate surface area is 217 Å². The fourth-order valence-corrected chi connectivity index (χ4v) is 4.34. The zero-order valence-corrected chi connectivity index (χ0v) is 21.1. The Morgan fingerprint density at radius 2 is 1.68 bits per heavy atom. The molecule has 2 amide bonds. The van der Waals surface area contributed by atoms with Crippen LogP contribution in [-0.4, -0.2) is 36.1 Å². The summed E-state index contributed by atoms with van der Waals surface area (Å²) in [7, 11) is 0. The van der Waals surface area contributed by atoms with Crippen LogP contribution >= 0.6 is 0 Å². The number of aryl methyl sites for hydroxylation is 1.